The van der Waals surface area contributed by atoms with Gasteiger partial charge in [0.2, 0.25) is 0 Å². The van der Waals surface area contributed by atoms with E-state index in [1.807, 2.05) is 0 Å². The van der Waals surface area contributed by atoms with E-state index in [1.54, 1.807) is 16.8 Å². The first kappa shape index (κ1) is 16.9. The normalized spacial score (nSPS) is 16.5. The van der Waals surface area contributed by atoms with Crippen molar-refractivity contribution in [3.63, 3.8) is 0 Å². The third-order valence-electron chi connectivity index (χ3n) is 6.37. The van der Waals surface area contributed by atoms with Crippen LogP contribution in [-0.2, 0) is 18.3 Å². The van der Waals surface area contributed by atoms with Crippen molar-refractivity contribution in [2.45, 2.75) is 51.9 Å². The first-order chi connectivity index (χ1) is 13.0. The average Bonchev–Trinajstić information content (AvgIpc) is 2.67. The van der Waals surface area contributed by atoms with Crippen LogP contribution in [0.15, 0.2) is 48.5 Å². The number of hydrogen-bond donors (Lipinski definition) is 0. The Morgan fingerprint density at radius 3 is 2.15 bits per heavy atom. The Bertz CT molecular complexity index is 991. The summed E-state index contributed by atoms with van der Waals surface area (Å²) in [7, 11) is 0. The molecular weight excluding hydrogens is 326 g/mol. The van der Waals surface area contributed by atoms with Gasteiger partial charge in [-0.1, -0.05) is 51.1 Å². The second-order valence-corrected chi connectivity index (χ2v) is 9.33. The summed E-state index contributed by atoms with van der Waals surface area (Å²) in [4.78, 5) is 2.63. The van der Waals surface area contributed by atoms with Crippen LogP contribution < -0.4 is 4.90 Å². The van der Waals surface area contributed by atoms with Gasteiger partial charge in [0.15, 0.2) is 0 Å². The van der Waals surface area contributed by atoms with Gasteiger partial charge < -0.3 is 4.90 Å². The number of aryl methyl sites for hydroxylation is 2. The Labute approximate surface area is 163 Å². The SMILES string of the molecule is CC(C)(C)c1cc(-c2cc3c4c(c2)CCCN4CCC3)c2ccccc2c1. The maximum absolute atomic E-state index is 2.63. The van der Waals surface area contributed by atoms with Crippen LogP contribution in [-0.4, -0.2) is 13.1 Å². The molecule has 0 N–H and O–H groups in total. The van der Waals surface area contributed by atoms with E-state index in [2.05, 4.69) is 74.2 Å². The Kier molecular flexibility index (Phi) is 3.82. The number of anilines is 1. The molecule has 0 spiro atoms. The van der Waals surface area contributed by atoms with E-state index in [1.165, 1.54) is 66.2 Å². The molecule has 138 valence electrons. The Balaban J connectivity index is 1.77. The van der Waals surface area contributed by atoms with Gasteiger partial charge in [0.1, 0.15) is 0 Å². The average molecular weight is 356 g/mol. The smallest absolute Gasteiger partial charge is 0.0431 e. The zero-order valence-electron chi connectivity index (χ0n) is 16.8. The summed E-state index contributed by atoms with van der Waals surface area (Å²) < 4.78 is 0. The minimum absolute atomic E-state index is 0.151. The molecule has 0 unspecified atom stereocenters. The summed E-state index contributed by atoms with van der Waals surface area (Å²) in [6, 6.07) is 18.7. The van der Waals surface area contributed by atoms with Gasteiger partial charge >= 0.3 is 0 Å². The molecule has 3 aromatic rings. The molecule has 0 saturated carbocycles. The molecule has 0 saturated heterocycles. The molecular formula is C26H29N. The zero-order valence-corrected chi connectivity index (χ0v) is 16.8. The van der Waals surface area contributed by atoms with Crippen LogP contribution in [0.2, 0.25) is 0 Å². The highest BCUT2D eigenvalue weighted by atomic mass is 15.1. The molecule has 0 atom stereocenters. The molecule has 0 aromatic heterocycles. The standard InChI is InChI=1S/C26H29N/c1-26(2,3)22-16-18-8-4-5-11-23(18)24(17-22)21-14-19-9-6-12-27-13-7-10-20(15-21)25(19)27/h4-5,8,11,14-17H,6-7,9-10,12-13H2,1-3H3. The topological polar surface area (TPSA) is 3.24 Å². The van der Waals surface area contributed by atoms with Gasteiger partial charge in [-0.3, -0.25) is 0 Å². The minimum Gasteiger partial charge on any atom is -0.371 e. The lowest BCUT2D eigenvalue weighted by Crippen LogP contribution is -2.34. The van der Waals surface area contributed by atoms with E-state index >= 15 is 0 Å². The van der Waals surface area contributed by atoms with Crippen molar-refractivity contribution in [3.05, 3.63) is 65.2 Å². The molecule has 0 bridgehead atoms. The first-order valence-electron chi connectivity index (χ1n) is 10.4. The van der Waals surface area contributed by atoms with Crippen molar-refractivity contribution in [2.75, 3.05) is 18.0 Å². The Morgan fingerprint density at radius 2 is 1.48 bits per heavy atom. The van der Waals surface area contributed by atoms with Gasteiger partial charge in [-0.15, -0.1) is 0 Å². The van der Waals surface area contributed by atoms with E-state index in [-0.39, 0.29) is 5.41 Å². The molecule has 27 heavy (non-hydrogen) atoms. The summed E-state index contributed by atoms with van der Waals surface area (Å²) in [5.74, 6) is 0. The number of hydrogen-bond acceptors (Lipinski definition) is 1. The van der Waals surface area contributed by atoms with Crippen molar-refractivity contribution in [2.24, 2.45) is 0 Å². The van der Waals surface area contributed by atoms with E-state index < -0.39 is 0 Å². The molecule has 2 aliphatic rings. The first-order valence-corrected chi connectivity index (χ1v) is 10.4. The van der Waals surface area contributed by atoms with E-state index in [0.717, 1.165) is 0 Å². The quantitative estimate of drug-likeness (QED) is 0.481. The number of nitrogens with zero attached hydrogens (tertiary/aromatic N) is 1. The minimum atomic E-state index is 0.151. The van der Waals surface area contributed by atoms with Crippen molar-refractivity contribution < 1.29 is 0 Å². The van der Waals surface area contributed by atoms with Gasteiger partial charge in [-0.05, 0) is 87.9 Å². The summed E-state index contributed by atoms with van der Waals surface area (Å²) in [5, 5.41) is 2.73. The molecule has 3 aromatic carbocycles. The third-order valence-corrected chi connectivity index (χ3v) is 6.37. The molecule has 1 nitrogen and oxygen atoms in total. The lowest BCUT2D eigenvalue weighted by Gasteiger charge is -2.37. The lowest BCUT2D eigenvalue weighted by molar-refractivity contribution is 0.591. The van der Waals surface area contributed by atoms with Crippen LogP contribution in [0.25, 0.3) is 21.9 Å². The second-order valence-electron chi connectivity index (χ2n) is 9.33. The van der Waals surface area contributed by atoms with Crippen LogP contribution in [0.4, 0.5) is 5.69 Å². The predicted octanol–water partition coefficient (Wildman–Crippen LogP) is 6.50. The molecule has 1 heteroatoms. The highest BCUT2D eigenvalue weighted by molar-refractivity contribution is 5.98. The predicted molar refractivity (Wildman–Crippen MR) is 117 cm³/mol. The van der Waals surface area contributed by atoms with Crippen molar-refractivity contribution in [1.29, 1.82) is 0 Å². The van der Waals surface area contributed by atoms with Crippen molar-refractivity contribution >= 4 is 16.5 Å². The highest BCUT2D eigenvalue weighted by Gasteiger charge is 2.25. The fourth-order valence-corrected chi connectivity index (χ4v) is 4.94. The summed E-state index contributed by atoms with van der Waals surface area (Å²) in [5.41, 5.74) is 9.08. The molecule has 0 radical (unpaired) electrons. The maximum atomic E-state index is 2.63. The third kappa shape index (κ3) is 2.84. The largest absolute Gasteiger partial charge is 0.371 e. The number of benzene rings is 3. The van der Waals surface area contributed by atoms with Crippen molar-refractivity contribution in [1.82, 2.24) is 0 Å². The highest BCUT2D eigenvalue weighted by Crippen LogP contribution is 2.41. The van der Waals surface area contributed by atoms with Crippen LogP contribution in [0.1, 0.15) is 50.3 Å². The van der Waals surface area contributed by atoms with E-state index in [0.29, 0.717) is 0 Å². The number of rotatable bonds is 1. The molecule has 2 heterocycles. The van der Waals surface area contributed by atoms with Crippen LogP contribution in [0, 0.1) is 0 Å². The molecule has 2 aliphatic heterocycles. The van der Waals surface area contributed by atoms with Gasteiger partial charge in [-0.2, -0.15) is 0 Å². The maximum Gasteiger partial charge on any atom is 0.0431 e. The molecule has 0 aliphatic carbocycles. The zero-order chi connectivity index (χ0) is 18.6. The second kappa shape index (κ2) is 6.12. The number of fused-ring (bicyclic) bond motifs is 1. The van der Waals surface area contributed by atoms with Crippen LogP contribution in [0.5, 0.6) is 0 Å². The van der Waals surface area contributed by atoms with Crippen molar-refractivity contribution in [3.8, 4) is 11.1 Å². The van der Waals surface area contributed by atoms with Crippen LogP contribution >= 0.6 is 0 Å². The summed E-state index contributed by atoms with van der Waals surface area (Å²) >= 11 is 0. The lowest BCUT2D eigenvalue weighted by atomic mass is 9.82. The molecule has 5 rings (SSSR count). The fourth-order valence-electron chi connectivity index (χ4n) is 4.94. The van der Waals surface area contributed by atoms with Gasteiger partial charge in [0.05, 0.1) is 0 Å². The van der Waals surface area contributed by atoms with Gasteiger partial charge in [-0.25, -0.2) is 0 Å². The molecule has 0 amide bonds. The Hall–Kier alpha value is -2.28. The summed E-state index contributed by atoms with van der Waals surface area (Å²) in [6.07, 6.45) is 5.03. The Morgan fingerprint density at radius 1 is 0.815 bits per heavy atom. The summed E-state index contributed by atoms with van der Waals surface area (Å²) in [6.45, 7) is 9.42. The monoisotopic (exact) mass is 355 g/mol. The van der Waals surface area contributed by atoms with E-state index in [9.17, 15) is 0 Å². The molecule has 0 fully saturated rings. The van der Waals surface area contributed by atoms with Gasteiger partial charge in [0.25, 0.3) is 0 Å². The van der Waals surface area contributed by atoms with Gasteiger partial charge in [0, 0.05) is 18.8 Å². The fraction of sp³-hybridized carbons (Fsp3) is 0.385. The van der Waals surface area contributed by atoms with E-state index in [4.69, 9.17) is 0 Å². The van der Waals surface area contributed by atoms with Crippen LogP contribution in [0.3, 0.4) is 0 Å².